The molecule has 0 spiro atoms. The lowest BCUT2D eigenvalue weighted by Crippen LogP contribution is -2.29. The predicted octanol–water partition coefficient (Wildman–Crippen LogP) is 0.702. The summed E-state index contributed by atoms with van der Waals surface area (Å²) in [6.45, 7) is 1.58. The van der Waals surface area contributed by atoms with E-state index in [9.17, 15) is 13.2 Å². The SMILES string of the molecule is CCC(=O)NS(=O)(=O)c1[c]cccc1. The van der Waals surface area contributed by atoms with Crippen LogP contribution in [0.1, 0.15) is 13.3 Å². The standard InChI is InChI=1S/C9H10NO3S/c1-2-9(11)10-14(12,13)8-6-4-3-5-7-8/h3-6H,2H2,1H3,(H,10,11). The molecule has 4 nitrogen and oxygen atoms in total. The zero-order valence-corrected chi connectivity index (χ0v) is 8.47. The molecule has 0 saturated heterocycles. The highest BCUT2D eigenvalue weighted by Crippen LogP contribution is 2.05. The molecular formula is C9H10NO3S. The average Bonchev–Trinajstić information content (AvgIpc) is 2.18. The molecule has 0 aromatic heterocycles. The van der Waals surface area contributed by atoms with Gasteiger partial charge in [-0.2, -0.15) is 0 Å². The molecule has 0 heterocycles. The first-order valence-corrected chi connectivity index (χ1v) is 5.57. The lowest BCUT2D eigenvalue weighted by molar-refractivity contribution is -0.119. The maximum atomic E-state index is 11.4. The van der Waals surface area contributed by atoms with Crippen LogP contribution in [0, 0.1) is 6.07 Å². The van der Waals surface area contributed by atoms with Crippen LogP contribution in [-0.4, -0.2) is 14.3 Å². The third-order valence-corrected chi connectivity index (χ3v) is 2.87. The minimum atomic E-state index is -3.73. The summed E-state index contributed by atoms with van der Waals surface area (Å²) in [6, 6.07) is 8.62. The van der Waals surface area contributed by atoms with Gasteiger partial charge in [0, 0.05) is 12.5 Å². The van der Waals surface area contributed by atoms with E-state index in [1.165, 1.54) is 12.1 Å². The highest BCUT2D eigenvalue weighted by molar-refractivity contribution is 7.90. The minimum Gasteiger partial charge on any atom is -0.274 e. The molecule has 0 aliphatic carbocycles. The van der Waals surface area contributed by atoms with Crippen LogP contribution >= 0.6 is 0 Å². The topological polar surface area (TPSA) is 63.2 Å². The van der Waals surface area contributed by atoms with Gasteiger partial charge in [0.1, 0.15) is 0 Å². The molecule has 5 heteroatoms. The Bertz CT molecular complexity index is 411. The second-order valence-electron chi connectivity index (χ2n) is 2.61. The highest BCUT2D eigenvalue weighted by atomic mass is 32.2. The third-order valence-electron chi connectivity index (χ3n) is 1.54. The van der Waals surface area contributed by atoms with Crippen LogP contribution < -0.4 is 4.72 Å². The summed E-state index contributed by atoms with van der Waals surface area (Å²) in [5, 5.41) is 0. The molecule has 1 amide bonds. The minimum absolute atomic E-state index is 0.0261. The summed E-state index contributed by atoms with van der Waals surface area (Å²) >= 11 is 0. The van der Waals surface area contributed by atoms with Gasteiger partial charge in [-0.3, -0.25) is 4.79 Å². The Morgan fingerprint density at radius 3 is 2.71 bits per heavy atom. The summed E-state index contributed by atoms with van der Waals surface area (Å²) in [6.07, 6.45) is 0.131. The normalized spacial score (nSPS) is 10.9. The molecule has 75 valence electrons. The fraction of sp³-hybridized carbons (Fsp3) is 0.222. The molecule has 0 fully saturated rings. The number of benzene rings is 1. The molecule has 1 radical (unpaired) electrons. The van der Waals surface area contributed by atoms with E-state index < -0.39 is 15.9 Å². The number of amides is 1. The number of carbonyl (C=O) groups excluding carboxylic acids is 1. The van der Waals surface area contributed by atoms with E-state index in [1.54, 1.807) is 19.1 Å². The summed E-state index contributed by atoms with van der Waals surface area (Å²) in [4.78, 5) is 10.9. The van der Waals surface area contributed by atoms with Crippen LogP contribution in [0.3, 0.4) is 0 Å². The Morgan fingerprint density at radius 2 is 2.21 bits per heavy atom. The number of sulfonamides is 1. The Hall–Kier alpha value is -1.36. The number of nitrogens with one attached hydrogen (secondary N) is 1. The third kappa shape index (κ3) is 2.56. The van der Waals surface area contributed by atoms with Crippen molar-refractivity contribution in [1.29, 1.82) is 0 Å². The van der Waals surface area contributed by atoms with E-state index in [1.807, 2.05) is 4.72 Å². The van der Waals surface area contributed by atoms with E-state index >= 15 is 0 Å². The summed E-state index contributed by atoms with van der Waals surface area (Å²) in [7, 11) is -3.73. The van der Waals surface area contributed by atoms with E-state index in [2.05, 4.69) is 6.07 Å². The fourth-order valence-corrected chi connectivity index (χ4v) is 1.86. The smallest absolute Gasteiger partial charge is 0.264 e. The zero-order valence-electron chi connectivity index (χ0n) is 7.65. The Balaban J connectivity index is 2.93. The molecular weight excluding hydrogens is 202 g/mol. The van der Waals surface area contributed by atoms with E-state index in [0.717, 1.165) is 0 Å². The van der Waals surface area contributed by atoms with Crippen molar-refractivity contribution in [3.05, 3.63) is 30.3 Å². The molecule has 0 atom stereocenters. The first-order valence-electron chi connectivity index (χ1n) is 4.08. The van der Waals surface area contributed by atoms with Crippen LogP contribution in [-0.2, 0) is 14.8 Å². The molecule has 14 heavy (non-hydrogen) atoms. The second kappa shape index (κ2) is 4.23. The number of hydrogen-bond acceptors (Lipinski definition) is 3. The molecule has 0 bridgehead atoms. The van der Waals surface area contributed by atoms with Crippen LogP contribution in [0.15, 0.2) is 29.2 Å². The van der Waals surface area contributed by atoms with Crippen molar-refractivity contribution in [2.45, 2.75) is 18.2 Å². The van der Waals surface area contributed by atoms with Gasteiger partial charge in [-0.15, -0.1) is 0 Å². The van der Waals surface area contributed by atoms with Gasteiger partial charge in [0.15, 0.2) is 0 Å². The van der Waals surface area contributed by atoms with Crippen molar-refractivity contribution in [2.75, 3.05) is 0 Å². The molecule has 0 aliphatic rings. The van der Waals surface area contributed by atoms with Crippen molar-refractivity contribution in [3.8, 4) is 0 Å². The summed E-state index contributed by atoms with van der Waals surface area (Å²) in [5.74, 6) is -0.526. The molecule has 0 saturated carbocycles. The van der Waals surface area contributed by atoms with E-state index in [0.29, 0.717) is 0 Å². The monoisotopic (exact) mass is 212 g/mol. The second-order valence-corrected chi connectivity index (χ2v) is 4.26. The maximum Gasteiger partial charge on any atom is 0.264 e. The van der Waals surface area contributed by atoms with Gasteiger partial charge in [0.05, 0.1) is 4.90 Å². The van der Waals surface area contributed by atoms with Crippen molar-refractivity contribution in [1.82, 2.24) is 4.72 Å². The molecule has 1 aromatic rings. The first kappa shape index (κ1) is 10.7. The number of carbonyl (C=O) groups is 1. The average molecular weight is 212 g/mol. The van der Waals surface area contributed by atoms with Crippen LogP contribution in [0.5, 0.6) is 0 Å². The van der Waals surface area contributed by atoms with Gasteiger partial charge in [0.25, 0.3) is 10.0 Å². The molecule has 1 aromatic carbocycles. The zero-order chi connectivity index (χ0) is 10.6. The van der Waals surface area contributed by atoms with E-state index in [4.69, 9.17) is 0 Å². The summed E-state index contributed by atoms with van der Waals surface area (Å²) < 4.78 is 24.8. The van der Waals surface area contributed by atoms with Gasteiger partial charge < -0.3 is 0 Å². The summed E-state index contributed by atoms with van der Waals surface area (Å²) in [5.41, 5.74) is 0. The van der Waals surface area contributed by atoms with E-state index in [-0.39, 0.29) is 11.3 Å². The Labute approximate surface area is 83.0 Å². The number of rotatable bonds is 3. The quantitative estimate of drug-likeness (QED) is 0.802. The van der Waals surface area contributed by atoms with Crippen molar-refractivity contribution < 1.29 is 13.2 Å². The Kier molecular flexibility index (Phi) is 3.24. The first-order chi connectivity index (χ1) is 6.56. The lowest BCUT2D eigenvalue weighted by Gasteiger charge is -2.04. The molecule has 1 rings (SSSR count). The van der Waals surface area contributed by atoms with Crippen molar-refractivity contribution in [3.63, 3.8) is 0 Å². The van der Waals surface area contributed by atoms with Gasteiger partial charge in [-0.05, 0) is 6.07 Å². The van der Waals surface area contributed by atoms with Crippen molar-refractivity contribution >= 4 is 15.9 Å². The van der Waals surface area contributed by atoms with Crippen LogP contribution in [0.2, 0.25) is 0 Å². The lowest BCUT2D eigenvalue weighted by atomic mass is 10.4. The van der Waals surface area contributed by atoms with Crippen LogP contribution in [0.25, 0.3) is 0 Å². The number of hydrogen-bond donors (Lipinski definition) is 1. The van der Waals surface area contributed by atoms with Gasteiger partial charge in [-0.1, -0.05) is 25.1 Å². The van der Waals surface area contributed by atoms with Gasteiger partial charge >= 0.3 is 0 Å². The fourth-order valence-electron chi connectivity index (χ4n) is 0.821. The van der Waals surface area contributed by atoms with Gasteiger partial charge in [0.2, 0.25) is 5.91 Å². The molecule has 0 unspecified atom stereocenters. The molecule has 0 aliphatic heterocycles. The van der Waals surface area contributed by atoms with Crippen LogP contribution in [0.4, 0.5) is 0 Å². The predicted molar refractivity (Wildman–Crippen MR) is 50.9 cm³/mol. The highest BCUT2D eigenvalue weighted by Gasteiger charge is 2.15. The van der Waals surface area contributed by atoms with Gasteiger partial charge in [-0.25, -0.2) is 13.1 Å². The molecule has 1 N–H and O–H groups in total. The van der Waals surface area contributed by atoms with Crippen molar-refractivity contribution in [2.24, 2.45) is 0 Å². The Morgan fingerprint density at radius 1 is 1.50 bits per heavy atom. The maximum absolute atomic E-state index is 11.4. The largest absolute Gasteiger partial charge is 0.274 e.